The van der Waals surface area contributed by atoms with Crippen LogP contribution in [0.15, 0.2) is 24.3 Å². The van der Waals surface area contributed by atoms with E-state index in [1.165, 1.54) is 11.1 Å². The fourth-order valence-corrected chi connectivity index (χ4v) is 3.90. The van der Waals surface area contributed by atoms with Crippen molar-refractivity contribution in [3.63, 3.8) is 0 Å². The van der Waals surface area contributed by atoms with E-state index in [0.29, 0.717) is 12.3 Å². The zero-order chi connectivity index (χ0) is 14.6. The third-order valence-corrected chi connectivity index (χ3v) is 6.07. The molecule has 0 aromatic heterocycles. The average molecular weight is 296 g/mol. The van der Waals surface area contributed by atoms with Crippen molar-refractivity contribution in [1.82, 2.24) is 5.43 Å². The summed E-state index contributed by atoms with van der Waals surface area (Å²) in [6.45, 7) is 1.70. The van der Waals surface area contributed by atoms with Gasteiger partial charge in [0.15, 0.2) is 0 Å². The molecule has 1 aliphatic rings. The molecule has 1 unspecified atom stereocenters. The van der Waals surface area contributed by atoms with Gasteiger partial charge in [-0.2, -0.15) is 0 Å². The summed E-state index contributed by atoms with van der Waals surface area (Å²) in [7, 11) is -2.87. The van der Waals surface area contributed by atoms with Crippen LogP contribution in [-0.2, 0) is 22.7 Å². The number of hydrogen-bond donors (Lipinski definition) is 2. The highest BCUT2D eigenvalue weighted by Gasteiger charge is 2.27. The molecule has 1 aliphatic carbocycles. The summed E-state index contributed by atoms with van der Waals surface area (Å²) in [6, 6.07) is 8.67. The molecule has 0 saturated carbocycles. The minimum absolute atomic E-state index is 0.189. The van der Waals surface area contributed by atoms with Crippen LogP contribution in [-0.4, -0.2) is 26.0 Å². The van der Waals surface area contributed by atoms with E-state index in [4.69, 9.17) is 5.84 Å². The first kappa shape index (κ1) is 15.5. The molecule has 0 fully saturated rings. The van der Waals surface area contributed by atoms with Crippen LogP contribution in [0, 0.1) is 5.92 Å². The molecular weight excluding hydrogens is 272 g/mol. The summed E-state index contributed by atoms with van der Waals surface area (Å²) < 4.78 is 23.0. The number of nitrogens with one attached hydrogen (secondary N) is 1. The number of hydrogen-bond acceptors (Lipinski definition) is 4. The maximum Gasteiger partial charge on any atom is 0.150 e. The molecule has 0 spiro atoms. The molecule has 4 nitrogen and oxygen atoms in total. The van der Waals surface area contributed by atoms with E-state index < -0.39 is 9.84 Å². The molecule has 0 radical (unpaired) electrons. The highest BCUT2D eigenvalue weighted by atomic mass is 32.2. The van der Waals surface area contributed by atoms with E-state index in [0.717, 1.165) is 19.3 Å². The van der Waals surface area contributed by atoms with Crippen molar-refractivity contribution >= 4 is 9.84 Å². The zero-order valence-corrected chi connectivity index (χ0v) is 12.8. The van der Waals surface area contributed by atoms with Crippen LogP contribution in [0.1, 0.15) is 30.9 Å². The van der Waals surface area contributed by atoms with Gasteiger partial charge < -0.3 is 0 Å². The van der Waals surface area contributed by atoms with E-state index in [-0.39, 0.29) is 17.5 Å². The van der Waals surface area contributed by atoms with Gasteiger partial charge >= 0.3 is 0 Å². The molecule has 0 bridgehead atoms. The van der Waals surface area contributed by atoms with Gasteiger partial charge in [0.25, 0.3) is 0 Å². The van der Waals surface area contributed by atoms with Crippen LogP contribution in [0.4, 0.5) is 0 Å². The van der Waals surface area contributed by atoms with Gasteiger partial charge in [-0.25, -0.2) is 8.42 Å². The van der Waals surface area contributed by atoms with Gasteiger partial charge in [0.05, 0.1) is 5.75 Å². The normalized spacial score (nSPS) is 17.1. The Balaban J connectivity index is 1.88. The fraction of sp³-hybridized carbons (Fsp3) is 0.600. The van der Waals surface area contributed by atoms with E-state index in [1.807, 2.05) is 0 Å². The van der Waals surface area contributed by atoms with Crippen LogP contribution in [0.2, 0.25) is 0 Å². The minimum atomic E-state index is -2.87. The second-order valence-electron chi connectivity index (χ2n) is 5.59. The lowest BCUT2D eigenvalue weighted by Crippen LogP contribution is -2.41. The smallest absolute Gasteiger partial charge is 0.150 e. The van der Waals surface area contributed by atoms with Gasteiger partial charge in [-0.1, -0.05) is 31.2 Å². The molecule has 0 aliphatic heterocycles. The van der Waals surface area contributed by atoms with Crippen molar-refractivity contribution in [1.29, 1.82) is 0 Å². The summed E-state index contributed by atoms with van der Waals surface area (Å²) >= 11 is 0. The standard InChI is InChI=1S/C15H24N2O2S/c1-2-20(18,19)9-5-8-15(17-16)14-10-12-6-3-4-7-13(12)11-14/h3-4,6-7,14-15,17H,2,5,8-11,16H2,1H3. The third-order valence-electron chi connectivity index (χ3n) is 4.28. The Morgan fingerprint density at radius 2 is 1.90 bits per heavy atom. The predicted octanol–water partition coefficient (Wildman–Crippen LogP) is 1.45. The Bertz CT molecular complexity index is 518. The number of sulfone groups is 1. The Morgan fingerprint density at radius 1 is 1.30 bits per heavy atom. The molecule has 3 N–H and O–H groups in total. The first-order chi connectivity index (χ1) is 9.55. The number of fused-ring (bicyclic) bond motifs is 1. The maximum absolute atomic E-state index is 11.5. The second-order valence-corrected chi connectivity index (χ2v) is 8.06. The quantitative estimate of drug-likeness (QED) is 0.590. The van der Waals surface area contributed by atoms with Crippen LogP contribution in [0.25, 0.3) is 0 Å². The summed E-state index contributed by atoms with van der Waals surface area (Å²) in [5.41, 5.74) is 5.69. The van der Waals surface area contributed by atoms with Gasteiger partial charge in [-0.05, 0) is 42.7 Å². The van der Waals surface area contributed by atoms with Gasteiger partial charge in [-0.15, -0.1) is 0 Å². The van der Waals surface area contributed by atoms with Gasteiger partial charge in [-0.3, -0.25) is 11.3 Å². The van der Waals surface area contributed by atoms with Crippen LogP contribution < -0.4 is 11.3 Å². The van der Waals surface area contributed by atoms with Crippen LogP contribution in [0.3, 0.4) is 0 Å². The highest BCUT2D eigenvalue weighted by molar-refractivity contribution is 7.91. The lowest BCUT2D eigenvalue weighted by Gasteiger charge is -2.22. The topological polar surface area (TPSA) is 72.2 Å². The molecule has 0 heterocycles. The van der Waals surface area contributed by atoms with E-state index in [2.05, 4.69) is 29.7 Å². The Hall–Kier alpha value is -0.910. The minimum Gasteiger partial charge on any atom is -0.271 e. The molecule has 5 heteroatoms. The van der Waals surface area contributed by atoms with Crippen LogP contribution in [0.5, 0.6) is 0 Å². The molecule has 0 amide bonds. The first-order valence-electron chi connectivity index (χ1n) is 7.29. The first-order valence-corrected chi connectivity index (χ1v) is 9.11. The SMILES string of the molecule is CCS(=O)(=O)CCCC(NN)C1Cc2ccccc2C1. The lowest BCUT2D eigenvalue weighted by molar-refractivity contribution is 0.347. The number of rotatable bonds is 7. The fourth-order valence-electron chi connectivity index (χ4n) is 3.00. The van der Waals surface area contributed by atoms with E-state index in [1.54, 1.807) is 6.92 Å². The van der Waals surface area contributed by atoms with Gasteiger partial charge in [0.2, 0.25) is 0 Å². The van der Waals surface area contributed by atoms with Crippen LogP contribution >= 0.6 is 0 Å². The monoisotopic (exact) mass is 296 g/mol. The molecule has 0 saturated heterocycles. The van der Waals surface area contributed by atoms with Gasteiger partial charge in [0.1, 0.15) is 9.84 Å². The summed E-state index contributed by atoms with van der Waals surface area (Å²) in [6.07, 6.45) is 3.56. The Kier molecular flexibility index (Phi) is 5.18. The van der Waals surface area contributed by atoms with E-state index >= 15 is 0 Å². The molecule has 1 aromatic carbocycles. The summed E-state index contributed by atoms with van der Waals surface area (Å²) in [5.74, 6) is 6.63. The zero-order valence-electron chi connectivity index (χ0n) is 12.0. The molecule has 2 rings (SSSR count). The van der Waals surface area contributed by atoms with Crippen molar-refractivity contribution < 1.29 is 8.42 Å². The predicted molar refractivity (Wildman–Crippen MR) is 82.0 cm³/mol. The maximum atomic E-state index is 11.5. The lowest BCUT2D eigenvalue weighted by atomic mass is 9.93. The Labute approximate surface area is 121 Å². The number of nitrogens with two attached hydrogens (primary N) is 1. The van der Waals surface area contributed by atoms with Crippen molar-refractivity contribution in [2.45, 2.75) is 38.6 Å². The number of hydrazine groups is 1. The second kappa shape index (κ2) is 6.70. The molecular formula is C15H24N2O2S. The Morgan fingerprint density at radius 3 is 2.40 bits per heavy atom. The van der Waals surface area contributed by atoms with Crippen molar-refractivity contribution in [3.8, 4) is 0 Å². The molecule has 1 atom stereocenters. The average Bonchev–Trinajstić information content (AvgIpc) is 2.87. The third kappa shape index (κ3) is 3.81. The summed E-state index contributed by atoms with van der Waals surface area (Å²) in [4.78, 5) is 0. The molecule has 112 valence electrons. The molecule has 1 aromatic rings. The van der Waals surface area contributed by atoms with E-state index in [9.17, 15) is 8.42 Å². The largest absolute Gasteiger partial charge is 0.271 e. The highest BCUT2D eigenvalue weighted by Crippen LogP contribution is 2.29. The number of benzene rings is 1. The van der Waals surface area contributed by atoms with Crippen molar-refractivity contribution in [2.24, 2.45) is 11.8 Å². The molecule has 20 heavy (non-hydrogen) atoms. The van der Waals surface area contributed by atoms with Crippen molar-refractivity contribution in [3.05, 3.63) is 35.4 Å². The van der Waals surface area contributed by atoms with Gasteiger partial charge in [0, 0.05) is 11.8 Å². The van der Waals surface area contributed by atoms with Crippen molar-refractivity contribution in [2.75, 3.05) is 11.5 Å². The summed E-state index contributed by atoms with van der Waals surface area (Å²) in [5, 5.41) is 0.